The van der Waals surface area contributed by atoms with Crippen LogP contribution in [0, 0.1) is 0 Å². The molecule has 0 bridgehead atoms. The number of para-hydroxylation sites is 1. The first-order chi connectivity index (χ1) is 10.2. The number of nitrogens with zero attached hydrogens (tertiary/aromatic N) is 1. The minimum absolute atomic E-state index is 0.146. The van der Waals surface area contributed by atoms with Gasteiger partial charge in [0.1, 0.15) is 17.2 Å². The second-order valence-electron chi connectivity index (χ2n) is 4.75. The number of nitrogens with one attached hydrogen (secondary N) is 1. The Hall–Kier alpha value is -2.69. The zero-order valence-corrected chi connectivity index (χ0v) is 11.9. The highest BCUT2D eigenvalue weighted by molar-refractivity contribution is 6.00. The first-order valence-corrected chi connectivity index (χ1v) is 6.63. The third-order valence-electron chi connectivity index (χ3n) is 3.48. The van der Waals surface area contributed by atoms with Gasteiger partial charge in [-0.25, -0.2) is 0 Å². The van der Waals surface area contributed by atoms with Crippen molar-refractivity contribution in [3.63, 3.8) is 0 Å². The first kappa shape index (κ1) is 13.3. The van der Waals surface area contributed by atoms with Crippen LogP contribution in [0.1, 0.15) is 16.2 Å². The van der Waals surface area contributed by atoms with Crippen LogP contribution in [0.2, 0.25) is 0 Å². The minimum atomic E-state index is -0.146. The van der Waals surface area contributed by atoms with Crippen LogP contribution in [-0.4, -0.2) is 17.6 Å². The van der Waals surface area contributed by atoms with Gasteiger partial charge in [0.05, 0.1) is 25.4 Å². The van der Waals surface area contributed by atoms with Crippen LogP contribution in [-0.2, 0) is 13.6 Å². The molecule has 0 atom stereocenters. The van der Waals surface area contributed by atoms with Crippen LogP contribution < -0.4 is 10.1 Å². The van der Waals surface area contributed by atoms with Gasteiger partial charge in [0, 0.05) is 12.4 Å². The molecule has 0 saturated carbocycles. The molecular weight excluding hydrogens is 268 g/mol. The zero-order chi connectivity index (χ0) is 14.8. The molecule has 5 heteroatoms. The molecule has 0 saturated heterocycles. The van der Waals surface area contributed by atoms with E-state index < -0.39 is 0 Å². The average Bonchev–Trinajstić information content (AvgIpc) is 3.13. The second kappa shape index (κ2) is 5.36. The van der Waals surface area contributed by atoms with Crippen molar-refractivity contribution < 1.29 is 13.9 Å². The summed E-state index contributed by atoms with van der Waals surface area (Å²) in [6, 6.07) is 11.2. The van der Waals surface area contributed by atoms with Gasteiger partial charge in [0.2, 0.25) is 0 Å². The molecule has 1 N–H and O–H groups in total. The maximum Gasteiger partial charge on any atom is 0.268 e. The van der Waals surface area contributed by atoms with E-state index in [4.69, 9.17) is 9.15 Å². The largest absolute Gasteiger partial charge is 0.495 e. The summed E-state index contributed by atoms with van der Waals surface area (Å²) in [7, 11) is 3.48. The third-order valence-corrected chi connectivity index (χ3v) is 3.48. The predicted molar refractivity (Wildman–Crippen MR) is 79.3 cm³/mol. The van der Waals surface area contributed by atoms with Gasteiger partial charge >= 0.3 is 0 Å². The van der Waals surface area contributed by atoms with E-state index in [1.54, 1.807) is 19.4 Å². The van der Waals surface area contributed by atoms with E-state index in [0.717, 1.165) is 22.4 Å². The van der Waals surface area contributed by atoms with Crippen LogP contribution in [0.5, 0.6) is 5.75 Å². The van der Waals surface area contributed by atoms with Crippen molar-refractivity contribution in [1.29, 1.82) is 0 Å². The van der Waals surface area contributed by atoms with Crippen molar-refractivity contribution in [2.75, 3.05) is 7.11 Å². The van der Waals surface area contributed by atoms with Crippen LogP contribution >= 0.6 is 0 Å². The molecule has 0 aliphatic carbocycles. The molecule has 5 nitrogen and oxygen atoms in total. The predicted octanol–water partition coefficient (Wildman–Crippen LogP) is 2.71. The molecule has 0 aliphatic rings. The number of aryl methyl sites for hydroxylation is 1. The Labute approximate surface area is 122 Å². The number of furan rings is 1. The van der Waals surface area contributed by atoms with Crippen molar-refractivity contribution >= 4 is 16.8 Å². The van der Waals surface area contributed by atoms with Gasteiger partial charge in [-0.05, 0) is 24.3 Å². The van der Waals surface area contributed by atoms with Gasteiger partial charge in [0.25, 0.3) is 5.91 Å². The summed E-state index contributed by atoms with van der Waals surface area (Å²) < 4.78 is 12.4. The number of benzene rings is 1. The molecule has 2 heterocycles. The van der Waals surface area contributed by atoms with Crippen LogP contribution in [0.15, 0.2) is 47.1 Å². The summed E-state index contributed by atoms with van der Waals surface area (Å²) in [6.07, 6.45) is 1.59. The van der Waals surface area contributed by atoms with Crippen molar-refractivity contribution in [2.24, 2.45) is 7.05 Å². The monoisotopic (exact) mass is 284 g/mol. The summed E-state index contributed by atoms with van der Waals surface area (Å²) in [4.78, 5) is 12.3. The number of carbonyl (C=O) groups excluding carboxylic acids is 1. The lowest BCUT2D eigenvalue weighted by Crippen LogP contribution is -2.24. The topological polar surface area (TPSA) is 56.4 Å². The quantitative estimate of drug-likeness (QED) is 0.801. The Morgan fingerprint density at radius 2 is 2.19 bits per heavy atom. The van der Waals surface area contributed by atoms with E-state index in [1.165, 1.54) is 0 Å². The number of rotatable bonds is 4. The van der Waals surface area contributed by atoms with Crippen molar-refractivity contribution in [2.45, 2.75) is 6.54 Å². The summed E-state index contributed by atoms with van der Waals surface area (Å²) >= 11 is 0. The highest BCUT2D eigenvalue weighted by Crippen LogP contribution is 2.27. The summed E-state index contributed by atoms with van der Waals surface area (Å²) in [5.74, 6) is 1.33. The molecule has 3 rings (SSSR count). The van der Waals surface area contributed by atoms with Crippen LogP contribution in [0.4, 0.5) is 0 Å². The molecule has 108 valence electrons. The number of ether oxygens (including phenoxy) is 1. The van der Waals surface area contributed by atoms with Gasteiger partial charge in [-0.3, -0.25) is 4.79 Å². The second-order valence-corrected chi connectivity index (χ2v) is 4.75. The van der Waals surface area contributed by atoms with E-state index in [9.17, 15) is 4.79 Å². The van der Waals surface area contributed by atoms with Crippen LogP contribution in [0.3, 0.4) is 0 Å². The maximum absolute atomic E-state index is 12.3. The lowest BCUT2D eigenvalue weighted by atomic mass is 10.2. The van der Waals surface area contributed by atoms with E-state index in [2.05, 4.69) is 5.32 Å². The SMILES string of the molecule is COc1cccc2cc(C(=O)NCc3ccco3)n(C)c12. The fraction of sp³-hybridized carbons (Fsp3) is 0.188. The Balaban J connectivity index is 1.89. The fourth-order valence-corrected chi connectivity index (χ4v) is 2.43. The number of aromatic nitrogens is 1. The molecule has 0 unspecified atom stereocenters. The fourth-order valence-electron chi connectivity index (χ4n) is 2.43. The van der Waals surface area contributed by atoms with E-state index in [-0.39, 0.29) is 5.91 Å². The van der Waals surface area contributed by atoms with E-state index in [1.807, 2.05) is 41.9 Å². The molecule has 2 aromatic heterocycles. The molecule has 21 heavy (non-hydrogen) atoms. The summed E-state index contributed by atoms with van der Waals surface area (Å²) in [5, 5.41) is 3.82. The van der Waals surface area contributed by atoms with Gasteiger partial charge in [-0.15, -0.1) is 0 Å². The normalized spacial score (nSPS) is 10.8. The van der Waals surface area contributed by atoms with Gasteiger partial charge < -0.3 is 19.0 Å². The number of fused-ring (bicyclic) bond motifs is 1. The molecule has 0 spiro atoms. The number of hydrogen-bond donors (Lipinski definition) is 1. The van der Waals surface area contributed by atoms with Gasteiger partial charge in [-0.2, -0.15) is 0 Å². The zero-order valence-electron chi connectivity index (χ0n) is 11.9. The lowest BCUT2D eigenvalue weighted by molar-refractivity contribution is 0.0940. The number of hydrogen-bond acceptors (Lipinski definition) is 3. The average molecular weight is 284 g/mol. The van der Waals surface area contributed by atoms with Crippen LogP contribution in [0.25, 0.3) is 10.9 Å². The molecular formula is C16H16N2O3. The molecule has 0 aliphatic heterocycles. The Bertz CT molecular complexity index is 772. The first-order valence-electron chi connectivity index (χ1n) is 6.63. The van der Waals surface area contributed by atoms with E-state index >= 15 is 0 Å². The molecule has 3 aromatic rings. The highest BCUT2D eigenvalue weighted by Gasteiger charge is 2.15. The minimum Gasteiger partial charge on any atom is -0.495 e. The van der Waals surface area contributed by atoms with Crippen molar-refractivity contribution in [1.82, 2.24) is 9.88 Å². The Kier molecular flexibility index (Phi) is 3.39. The summed E-state index contributed by atoms with van der Waals surface area (Å²) in [6.45, 7) is 0.366. The number of methoxy groups -OCH3 is 1. The Morgan fingerprint density at radius 1 is 1.33 bits per heavy atom. The molecule has 1 aromatic carbocycles. The molecule has 0 fully saturated rings. The standard InChI is InChI=1S/C16H16N2O3/c1-18-13(16(19)17-10-12-6-4-8-21-12)9-11-5-3-7-14(20-2)15(11)18/h3-9H,10H2,1-2H3,(H,17,19). The summed E-state index contributed by atoms with van der Waals surface area (Å²) in [5.41, 5.74) is 1.49. The third kappa shape index (κ3) is 2.38. The lowest BCUT2D eigenvalue weighted by Gasteiger charge is -2.07. The maximum atomic E-state index is 12.3. The number of amides is 1. The van der Waals surface area contributed by atoms with Gasteiger partial charge in [-0.1, -0.05) is 12.1 Å². The Morgan fingerprint density at radius 3 is 2.90 bits per heavy atom. The van der Waals surface area contributed by atoms with Crippen molar-refractivity contribution in [3.05, 3.63) is 54.1 Å². The molecule has 0 radical (unpaired) electrons. The number of carbonyl (C=O) groups is 1. The molecule has 1 amide bonds. The van der Waals surface area contributed by atoms with E-state index in [0.29, 0.717) is 12.2 Å². The van der Waals surface area contributed by atoms with Gasteiger partial charge in [0.15, 0.2) is 0 Å². The highest BCUT2D eigenvalue weighted by atomic mass is 16.5. The van der Waals surface area contributed by atoms with Crippen molar-refractivity contribution in [3.8, 4) is 5.75 Å². The smallest absolute Gasteiger partial charge is 0.268 e.